The molecule has 0 atom stereocenters. The highest BCUT2D eigenvalue weighted by Gasteiger charge is 2.44. The van der Waals surface area contributed by atoms with Crippen molar-refractivity contribution in [1.29, 1.82) is 0 Å². The summed E-state index contributed by atoms with van der Waals surface area (Å²) in [5, 5.41) is 0.578. The second-order valence-corrected chi connectivity index (χ2v) is 9.73. The van der Waals surface area contributed by atoms with Crippen molar-refractivity contribution in [3.63, 3.8) is 0 Å². The quantitative estimate of drug-likeness (QED) is 0.504. The van der Waals surface area contributed by atoms with Crippen LogP contribution in [0.3, 0.4) is 0 Å². The third kappa shape index (κ3) is 4.22. The minimum atomic E-state index is -0.462. The van der Waals surface area contributed by atoms with Gasteiger partial charge < -0.3 is 9.64 Å². The van der Waals surface area contributed by atoms with Gasteiger partial charge in [-0.1, -0.05) is 41.9 Å². The number of nitrogens with zero attached hydrogens (tertiary/aromatic N) is 3. The summed E-state index contributed by atoms with van der Waals surface area (Å²) in [6.45, 7) is 7.53. The molecule has 1 aromatic heterocycles. The van der Waals surface area contributed by atoms with Crippen molar-refractivity contribution in [2.75, 3.05) is 18.0 Å². The molecule has 2 aromatic carbocycles. The number of benzene rings is 2. The lowest BCUT2D eigenvalue weighted by molar-refractivity contribution is 0.0225. The topological polar surface area (TPSA) is 55.3 Å². The third-order valence-electron chi connectivity index (χ3n) is 6.84. The van der Waals surface area contributed by atoms with Gasteiger partial charge in [0.05, 0.1) is 12.0 Å². The Labute approximate surface area is 199 Å². The van der Waals surface area contributed by atoms with E-state index in [-0.39, 0.29) is 5.78 Å². The first kappa shape index (κ1) is 21.9. The van der Waals surface area contributed by atoms with Gasteiger partial charge in [0.1, 0.15) is 23.0 Å². The highest BCUT2D eigenvalue weighted by atomic mass is 35.5. The zero-order chi connectivity index (χ0) is 23.2. The molecule has 33 heavy (non-hydrogen) atoms. The number of Topliss-reactive ketones (excluding diaryl/α,β-unsaturated/α-hetero) is 1. The molecule has 170 valence electrons. The van der Waals surface area contributed by atoms with Gasteiger partial charge in [-0.05, 0) is 44.0 Å². The first-order valence-corrected chi connectivity index (χ1v) is 11.9. The first-order chi connectivity index (χ1) is 15.8. The second kappa shape index (κ2) is 8.45. The Bertz CT molecular complexity index is 1220. The zero-order valence-electron chi connectivity index (χ0n) is 19.3. The highest BCUT2D eigenvalue weighted by molar-refractivity contribution is 6.31. The number of halogens is 1. The summed E-state index contributed by atoms with van der Waals surface area (Å²) in [4.78, 5) is 24.8. The van der Waals surface area contributed by atoms with Crippen LogP contribution in [0.2, 0.25) is 5.02 Å². The van der Waals surface area contributed by atoms with Crippen LogP contribution < -0.4 is 9.64 Å². The second-order valence-electron chi connectivity index (χ2n) is 9.29. The van der Waals surface area contributed by atoms with Crippen LogP contribution in [0.1, 0.15) is 57.8 Å². The molecule has 0 bridgehead atoms. The average molecular weight is 462 g/mol. The van der Waals surface area contributed by atoms with Gasteiger partial charge in [0.2, 0.25) is 0 Å². The third-order valence-corrected chi connectivity index (χ3v) is 7.06. The molecule has 5 nitrogen and oxygen atoms in total. The van der Waals surface area contributed by atoms with Crippen molar-refractivity contribution in [2.45, 2.75) is 52.1 Å². The van der Waals surface area contributed by atoms with Gasteiger partial charge in [-0.25, -0.2) is 9.97 Å². The Morgan fingerprint density at radius 3 is 2.52 bits per heavy atom. The van der Waals surface area contributed by atoms with Gasteiger partial charge in [0.15, 0.2) is 5.78 Å². The molecule has 0 saturated carbocycles. The van der Waals surface area contributed by atoms with E-state index in [4.69, 9.17) is 21.3 Å². The van der Waals surface area contributed by atoms with E-state index in [1.54, 1.807) is 6.07 Å². The lowest BCUT2D eigenvalue weighted by Crippen LogP contribution is -2.51. The highest BCUT2D eigenvalue weighted by Crippen LogP contribution is 2.43. The van der Waals surface area contributed by atoms with E-state index in [2.05, 4.69) is 41.1 Å². The number of anilines is 1. The number of piperidine rings is 1. The summed E-state index contributed by atoms with van der Waals surface area (Å²) < 4.78 is 6.54. The molecule has 1 spiro atoms. The molecule has 0 unspecified atom stereocenters. The summed E-state index contributed by atoms with van der Waals surface area (Å²) in [5.41, 5.74) is 4.50. The maximum atomic E-state index is 13.0. The number of fused-ring (bicyclic) bond motifs is 1. The van der Waals surface area contributed by atoms with Crippen LogP contribution in [0.5, 0.6) is 5.75 Å². The van der Waals surface area contributed by atoms with Crippen LogP contribution >= 0.6 is 11.6 Å². The van der Waals surface area contributed by atoms with Crippen molar-refractivity contribution >= 4 is 23.2 Å². The fourth-order valence-corrected chi connectivity index (χ4v) is 5.38. The summed E-state index contributed by atoms with van der Waals surface area (Å²) in [7, 11) is 0. The van der Waals surface area contributed by atoms with Crippen molar-refractivity contribution in [2.24, 2.45) is 0 Å². The molecule has 1 saturated heterocycles. The van der Waals surface area contributed by atoms with Crippen molar-refractivity contribution in [3.8, 4) is 5.75 Å². The molecule has 3 aromatic rings. The average Bonchev–Trinajstić information content (AvgIpc) is 2.78. The summed E-state index contributed by atoms with van der Waals surface area (Å²) in [6, 6.07) is 14.0. The minimum Gasteiger partial charge on any atom is -0.486 e. The molecule has 5 rings (SSSR count). The monoisotopic (exact) mass is 461 g/mol. The molecule has 0 amide bonds. The van der Waals surface area contributed by atoms with Crippen LogP contribution in [0.4, 0.5) is 5.82 Å². The Hall–Kier alpha value is -2.92. The molecule has 0 N–H and O–H groups in total. The van der Waals surface area contributed by atoms with E-state index in [9.17, 15) is 4.79 Å². The predicted octanol–water partition coefficient (Wildman–Crippen LogP) is 5.65. The molecule has 1 fully saturated rings. The number of carbonyl (C=O) groups excluding carboxylic acids is 1. The molecular formula is C27H28ClN3O2. The lowest BCUT2D eigenvalue weighted by atomic mass is 9.82. The largest absolute Gasteiger partial charge is 0.486 e. The van der Waals surface area contributed by atoms with Crippen molar-refractivity contribution in [1.82, 2.24) is 9.97 Å². The number of ether oxygens (including phenoxy) is 1. The standard InChI is InChI=1S/C27H28ClN3O2/c1-17-13-21(28)15-23-24(32)16-27(33-25(17)23)9-11-31(12-10-27)26-22(18(2)29-19(3)30-26)14-20-7-5-4-6-8-20/h4-8,13,15H,9-12,14,16H2,1-3H3. The summed E-state index contributed by atoms with van der Waals surface area (Å²) in [6.07, 6.45) is 2.73. The van der Waals surface area contributed by atoms with E-state index >= 15 is 0 Å². The van der Waals surface area contributed by atoms with Crippen molar-refractivity contribution < 1.29 is 9.53 Å². The Morgan fingerprint density at radius 2 is 1.79 bits per heavy atom. The van der Waals surface area contributed by atoms with E-state index in [0.29, 0.717) is 22.8 Å². The molecular weight excluding hydrogens is 434 g/mol. The van der Waals surface area contributed by atoms with Crippen LogP contribution in [0.15, 0.2) is 42.5 Å². The van der Waals surface area contributed by atoms with Gasteiger partial charge >= 0.3 is 0 Å². The number of aryl methyl sites for hydroxylation is 3. The SMILES string of the molecule is Cc1nc(C)c(Cc2ccccc2)c(N2CCC3(CC2)CC(=O)c2cc(Cl)cc(C)c2O3)n1. The lowest BCUT2D eigenvalue weighted by Gasteiger charge is -2.45. The van der Waals surface area contributed by atoms with E-state index < -0.39 is 5.60 Å². The molecule has 3 heterocycles. The number of hydrogen-bond acceptors (Lipinski definition) is 5. The van der Waals surface area contributed by atoms with Crippen LogP contribution in [-0.4, -0.2) is 34.4 Å². The number of rotatable bonds is 3. The minimum absolute atomic E-state index is 0.119. The number of carbonyl (C=O) groups is 1. The predicted molar refractivity (Wildman–Crippen MR) is 131 cm³/mol. The van der Waals surface area contributed by atoms with Crippen LogP contribution in [0, 0.1) is 20.8 Å². The van der Waals surface area contributed by atoms with Gasteiger partial charge in [-0.15, -0.1) is 0 Å². The van der Waals surface area contributed by atoms with E-state index in [0.717, 1.165) is 55.3 Å². The maximum Gasteiger partial charge on any atom is 0.170 e. The van der Waals surface area contributed by atoms with Gasteiger partial charge in [0.25, 0.3) is 0 Å². The van der Waals surface area contributed by atoms with Gasteiger partial charge in [-0.3, -0.25) is 4.79 Å². The van der Waals surface area contributed by atoms with Crippen LogP contribution in [0.25, 0.3) is 0 Å². The summed E-state index contributed by atoms with van der Waals surface area (Å²) in [5.74, 6) is 2.60. The zero-order valence-corrected chi connectivity index (χ0v) is 20.1. The molecule has 6 heteroatoms. The first-order valence-electron chi connectivity index (χ1n) is 11.5. The summed E-state index contributed by atoms with van der Waals surface area (Å²) >= 11 is 6.18. The van der Waals surface area contributed by atoms with Crippen molar-refractivity contribution in [3.05, 3.63) is 81.3 Å². The molecule has 2 aliphatic rings. The Balaban J connectivity index is 1.40. The smallest absolute Gasteiger partial charge is 0.170 e. The van der Waals surface area contributed by atoms with E-state index in [1.807, 2.05) is 26.0 Å². The van der Waals surface area contributed by atoms with E-state index in [1.165, 1.54) is 11.1 Å². The Morgan fingerprint density at radius 1 is 1.06 bits per heavy atom. The maximum absolute atomic E-state index is 13.0. The van der Waals surface area contributed by atoms with Gasteiger partial charge in [-0.2, -0.15) is 0 Å². The molecule has 0 aliphatic carbocycles. The molecule has 0 radical (unpaired) electrons. The normalized spacial score (nSPS) is 17.1. The number of hydrogen-bond donors (Lipinski definition) is 0. The fraction of sp³-hybridized carbons (Fsp3) is 0.370. The number of aromatic nitrogens is 2. The number of ketones is 1. The Kier molecular flexibility index (Phi) is 5.61. The fourth-order valence-electron chi connectivity index (χ4n) is 5.10. The van der Waals surface area contributed by atoms with Crippen LogP contribution in [-0.2, 0) is 6.42 Å². The van der Waals surface area contributed by atoms with Gasteiger partial charge in [0, 0.05) is 48.6 Å². The molecule has 2 aliphatic heterocycles.